The molecule has 3 aromatic rings. The number of aliphatic hydroxyl groups is 1. The molecule has 0 aliphatic carbocycles. The van der Waals surface area contributed by atoms with Crippen LogP contribution in [0.15, 0.2) is 53.3 Å². The Morgan fingerprint density at radius 2 is 1.82 bits per heavy atom. The maximum Gasteiger partial charge on any atom is 0.416 e. The van der Waals surface area contributed by atoms with Gasteiger partial charge in [-0.2, -0.15) is 13.2 Å². The smallest absolute Gasteiger partial charge is 0.416 e. The van der Waals surface area contributed by atoms with Gasteiger partial charge in [-0.05, 0) is 36.8 Å². The molecule has 39 heavy (non-hydrogen) atoms. The summed E-state index contributed by atoms with van der Waals surface area (Å²) < 4.78 is 45.8. The Hall–Kier alpha value is -4.04. The predicted octanol–water partition coefficient (Wildman–Crippen LogP) is 2.81. The quantitative estimate of drug-likeness (QED) is 0.277. The van der Waals surface area contributed by atoms with Crippen LogP contribution >= 0.6 is 11.6 Å². The van der Waals surface area contributed by atoms with Crippen LogP contribution in [0.25, 0.3) is 11.4 Å². The van der Waals surface area contributed by atoms with Gasteiger partial charge in [-0.15, -0.1) is 5.10 Å². The van der Waals surface area contributed by atoms with Gasteiger partial charge in [-0.25, -0.2) is 14.3 Å². The van der Waals surface area contributed by atoms with E-state index in [9.17, 15) is 32.7 Å². The zero-order valence-corrected chi connectivity index (χ0v) is 21.2. The van der Waals surface area contributed by atoms with E-state index >= 15 is 0 Å². The number of benzene rings is 2. The van der Waals surface area contributed by atoms with Gasteiger partial charge in [0, 0.05) is 22.7 Å². The fourth-order valence-corrected chi connectivity index (χ4v) is 3.88. The molecular formula is C24H25ClF3N5O6. The number of carbonyl (C=O) groups excluding carboxylic acids is 1. The fraction of sp³-hybridized carbons (Fsp3) is 0.333. The number of aromatic nitrogens is 3. The molecule has 0 saturated carbocycles. The minimum Gasteiger partial charge on any atom is -0.496 e. The van der Waals surface area contributed by atoms with Gasteiger partial charge in [0.1, 0.15) is 12.3 Å². The van der Waals surface area contributed by atoms with Gasteiger partial charge in [0.05, 0.1) is 19.7 Å². The number of halogens is 4. The van der Waals surface area contributed by atoms with Crippen LogP contribution in [0.4, 0.5) is 18.0 Å². The van der Waals surface area contributed by atoms with Gasteiger partial charge in [-0.1, -0.05) is 29.8 Å². The van der Waals surface area contributed by atoms with E-state index in [1.54, 1.807) is 24.3 Å². The lowest BCUT2D eigenvalue weighted by Crippen LogP contribution is -2.39. The first-order valence-corrected chi connectivity index (χ1v) is 11.9. The Balaban J connectivity index is 1.91. The van der Waals surface area contributed by atoms with Crippen LogP contribution in [0.5, 0.6) is 5.75 Å². The number of carboxylic acid groups (broad SMARTS) is 1. The summed E-state index contributed by atoms with van der Waals surface area (Å²) in [5.74, 6) is -0.516. The molecule has 2 atom stereocenters. The zero-order chi connectivity index (χ0) is 28.7. The SMILES string of the molecule is COc1ccccc1C(CCNC(=O)O)NC(=O)Cn1nc(-c2ccc(Cl)cc2)n(C[C@H](O)C(F)(F)F)c1=O. The maximum absolute atomic E-state index is 13.1. The van der Waals surface area contributed by atoms with Gasteiger partial charge >= 0.3 is 18.0 Å². The Labute approximate surface area is 224 Å². The van der Waals surface area contributed by atoms with E-state index in [2.05, 4.69) is 15.7 Å². The van der Waals surface area contributed by atoms with Crippen LogP contribution in [0.1, 0.15) is 18.0 Å². The molecule has 2 amide bonds. The highest BCUT2D eigenvalue weighted by molar-refractivity contribution is 6.30. The number of hydrogen-bond acceptors (Lipinski definition) is 6. The second-order valence-corrected chi connectivity index (χ2v) is 8.76. The molecule has 2 aromatic carbocycles. The lowest BCUT2D eigenvalue weighted by atomic mass is 10.0. The molecule has 11 nitrogen and oxygen atoms in total. The molecule has 0 spiro atoms. The van der Waals surface area contributed by atoms with Crippen molar-refractivity contribution in [2.24, 2.45) is 0 Å². The van der Waals surface area contributed by atoms with E-state index in [4.69, 9.17) is 21.4 Å². The number of rotatable bonds is 11. The molecule has 0 aliphatic rings. The summed E-state index contributed by atoms with van der Waals surface area (Å²) in [6, 6.07) is 11.7. The molecule has 0 radical (unpaired) electrons. The molecule has 1 unspecified atom stereocenters. The second kappa shape index (κ2) is 12.7. The highest BCUT2D eigenvalue weighted by atomic mass is 35.5. The average Bonchev–Trinajstić information content (AvgIpc) is 3.17. The molecule has 15 heteroatoms. The van der Waals surface area contributed by atoms with Crippen molar-refractivity contribution >= 4 is 23.6 Å². The topological polar surface area (TPSA) is 148 Å². The first-order valence-electron chi connectivity index (χ1n) is 11.5. The summed E-state index contributed by atoms with van der Waals surface area (Å²) in [6.07, 6.45) is -8.99. The van der Waals surface area contributed by atoms with Crippen LogP contribution < -0.4 is 21.1 Å². The number of para-hydroxylation sites is 1. The van der Waals surface area contributed by atoms with Gasteiger partial charge < -0.3 is 25.6 Å². The molecule has 1 heterocycles. The summed E-state index contributed by atoms with van der Waals surface area (Å²) in [6.45, 7) is -1.85. The third kappa shape index (κ3) is 7.74. The van der Waals surface area contributed by atoms with E-state index in [0.29, 0.717) is 25.6 Å². The van der Waals surface area contributed by atoms with Gasteiger partial charge in [0.15, 0.2) is 11.9 Å². The second-order valence-electron chi connectivity index (χ2n) is 8.32. The highest BCUT2D eigenvalue weighted by Gasteiger charge is 2.39. The molecule has 0 bridgehead atoms. The van der Waals surface area contributed by atoms with Crippen LogP contribution in [-0.4, -0.2) is 62.5 Å². The van der Waals surface area contributed by atoms with E-state index in [1.807, 2.05) is 0 Å². The molecule has 0 saturated heterocycles. The van der Waals surface area contributed by atoms with Crippen molar-refractivity contribution in [3.63, 3.8) is 0 Å². The molecule has 210 valence electrons. The molecular weight excluding hydrogens is 547 g/mol. The van der Waals surface area contributed by atoms with Crippen LogP contribution in [0.2, 0.25) is 5.02 Å². The number of hydrogen-bond donors (Lipinski definition) is 4. The van der Waals surface area contributed by atoms with E-state index in [1.165, 1.54) is 31.4 Å². The summed E-state index contributed by atoms with van der Waals surface area (Å²) in [7, 11) is 1.42. The number of methoxy groups -OCH3 is 1. The van der Waals surface area contributed by atoms with Crippen molar-refractivity contribution < 1.29 is 37.7 Å². The van der Waals surface area contributed by atoms with Crippen LogP contribution in [0.3, 0.4) is 0 Å². The number of nitrogens with one attached hydrogen (secondary N) is 2. The minimum atomic E-state index is -5.00. The average molecular weight is 572 g/mol. The third-order valence-electron chi connectivity index (χ3n) is 5.61. The summed E-state index contributed by atoms with van der Waals surface area (Å²) >= 11 is 5.88. The van der Waals surface area contributed by atoms with Gasteiger partial charge in [-0.3, -0.25) is 9.36 Å². The normalized spacial score (nSPS) is 13.0. The standard InChI is InChI=1S/C24H25ClF3N5O6/c1-39-18-5-3-2-4-16(18)17(10-11-29-22(36)37)30-20(35)13-33-23(38)32(12-19(34)24(26,27)28)21(31-33)14-6-8-15(25)9-7-14/h2-9,17,19,29,34H,10-13H2,1H3,(H,30,35)(H,36,37)/t17?,19-/m0/s1. The monoisotopic (exact) mass is 571 g/mol. The fourth-order valence-electron chi connectivity index (χ4n) is 3.76. The van der Waals surface area contributed by atoms with E-state index < -0.39 is 49.1 Å². The van der Waals surface area contributed by atoms with Crippen molar-refractivity contribution in [3.8, 4) is 17.1 Å². The molecule has 3 rings (SSSR count). The Morgan fingerprint density at radius 1 is 1.15 bits per heavy atom. The van der Waals surface area contributed by atoms with Crippen LogP contribution in [0, 0.1) is 0 Å². The van der Waals surface area contributed by atoms with Gasteiger partial charge in [0.25, 0.3) is 0 Å². The highest BCUT2D eigenvalue weighted by Crippen LogP contribution is 2.27. The number of nitrogens with zero attached hydrogens (tertiary/aromatic N) is 3. The number of aliphatic hydroxyl groups excluding tert-OH is 1. The molecule has 4 N–H and O–H groups in total. The number of alkyl halides is 3. The Kier molecular flexibility index (Phi) is 9.59. The predicted molar refractivity (Wildman–Crippen MR) is 134 cm³/mol. The summed E-state index contributed by atoms with van der Waals surface area (Å²) in [5.41, 5.74) is -0.287. The third-order valence-corrected chi connectivity index (χ3v) is 5.86. The Morgan fingerprint density at radius 3 is 2.44 bits per heavy atom. The van der Waals surface area contributed by atoms with Crippen molar-refractivity contribution in [1.82, 2.24) is 25.0 Å². The maximum atomic E-state index is 13.1. The summed E-state index contributed by atoms with van der Waals surface area (Å²) in [5, 5.41) is 27.8. The Bertz CT molecular complexity index is 1360. The number of ether oxygens (including phenoxy) is 1. The zero-order valence-electron chi connectivity index (χ0n) is 20.5. The lowest BCUT2D eigenvalue weighted by Gasteiger charge is -2.21. The number of carbonyl (C=O) groups is 2. The van der Waals surface area contributed by atoms with Crippen molar-refractivity contribution in [2.45, 2.75) is 37.8 Å². The minimum absolute atomic E-state index is 0.0249. The van der Waals surface area contributed by atoms with Crippen molar-refractivity contribution in [1.29, 1.82) is 0 Å². The summed E-state index contributed by atoms with van der Waals surface area (Å²) in [4.78, 5) is 36.9. The molecule has 0 fully saturated rings. The van der Waals surface area contributed by atoms with E-state index in [-0.39, 0.29) is 24.4 Å². The van der Waals surface area contributed by atoms with Crippen molar-refractivity contribution in [2.75, 3.05) is 13.7 Å². The first-order chi connectivity index (χ1) is 18.4. The first kappa shape index (κ1) is 29.5. The molecule has 1 aromatic heterocycles. The number of amides is 2. The van der Waals surface area contributed by atoms with Gasteiger partial charge in [0.2, 0.25) is 5.91 Å². The van der Waals surface area contributed by atoms with Crippen LogP contribution in [-0.2, 0) is 17.9 Å². The van der Waals surface area contributed by atoms with Crippen molar-refractivity contribution in [3.05, 3.63) is 69.6 Å². The molecule has 0 aliphatic heterocycles. The lowest BCUT2D eigenvalue weighted by molar-refractivity contribution is -0.207. The largest absolute Gasteiger partial charge is 0.496 e. The van der Waals surface area contributed by atoms with E-state index in [0.717, 1.165) is 0 Å².